The molecule has 0 aliphatic carbocycles. The third-order valence-electron chi connectivity index (χ3n) is 3.96. The lowest BCUT2D eigenvalue weighted by Crippen LogP contribution is -2.46. The average Bonchev–Trinajstić information content (AvgIpc) is 3.17. The number of aryl methyl sites for hydroxylation is 1. The number of nitrogens with zero attached hydrogens (tertiary/aromatic N) is 8. The van der Waals surface area contributed by atoms with Crippen molar-refractivity contribution in [3.63, 3.8) is 0 Å². The highest BCUT2D eigenvalue weighted by Gasteiger charge is 2.20. The Kier molecular flexibility index (Phi) is 3.19. The SMILES string of the molecule is Cc1nonc1CN1CCN(c2ccc3nncn3n2)CC1. The van der Waals surface area contributed by atoms with Crippen LogP contribution in [0.5, 0.6) is 0 Å². The van der Waals surface area contributed by atoms with Crippen molar-refractivity contribution in [2.75, 3.05) is 31.1 Å². The number of fused-ring (bicyclic) bond motifs is 1. The van der Waals surface area contributed by atoms with Crippen LogP contribution < -0.4 is 4.90 Å². The normalized spacial score (nSPS) is 16.5. The average molecular weight is 300 g/mol. The van der Waals surface area contributed by atoms with Gasteiger partial charge in [-0.2, -0.15) is 4.52 Å². The first-order valence-corrected chi connectivity index (χ1v) is 7.22. The molecule has 1 saturated heterocycles. The smallest absolute Gasteiger partial charge is 0.177 e. The fourth-order valence-corrected chi connectivity index (χ4v) is 2.63. The first-order valence-electron chi connectivity index (χ1n) is 7.22. The summed E-state index contributed by atoms with van der Waals surface area (Å²) in [5, 5.41) is 20.1. The van der Waals surface area contributed by atoms with Crippen LogP contribution in [-0.4, -0.2) is 61.2 Å². The minimum atomic E-state index is 0.761. The first-order chi connectivity index (χ1) is 10.8. The summed E-state index contributed by atoms with van der Waals surface area (Å²) >= 11 is 0. The van der Waals surface area contributed by atoms with E-state index >= 15 is 0 Å². The van der Waals surface area contributed by atoms with Crippen molar-refractivity contribution in [1.82, 2.24) is 35.0 Å². The summed E-state index contributed by atoms with van der Waals surface area (Å²) in [5.41, 5.74) is 2.54. The van der Waals surface area contributed by atoms with Crippen molar-refractivity contribution >= 4 is 11.5 Å². The van der Waals surface area contributed by atoms with Gasteiger partial charge >= 0.3 is 0 Å². The third-order valence-corrected chi connectivity index (χ3v) is 3.96. The zero-order valence-corrected chi connectivity index (χ0v) is 12.3. The Morgan fingerprint density at radius 3 is 2.77 bits per heavy atom. The van der Waals surface area contributed by atoms with Gasteiger partial charge in [-0.1, -0.05) is 10.3 Å². The van der Waals surface area contributed by atoms with E-state index in [1.165, 1.54) is 0 Å². The maximum Gasteiger partial charge on any atom is 0.177 e. The largest absolute Gasteiger partial charge is 0.353 e. The Labute approximate surface area is 126 Å². The molecule has 0 aromatic carbocycles. The minimum Gasteiger partial charge on any atom is -0.353 e. The van der Waals surface area contributed by atoms with Gasteiger partial charge < -0.3 is 4.90 Å². The van der Waals surface area contributed by atoms with E-state index in [4.69, 9.17) is 4.63 Å². The molecule has 0 atom stereocenters. The van der Waals surface area contributed by atoms with E-state index in [1.54, 1.807) is 10.8 Å². The molecule has 1 fully saturated rings. The molecule has 9 nitrogen and oxygen atoms in total. The number of anilines is 1. The van der Waals surface area contributed by atoms with Crippen LogP contribution in [0.15, 0.2) is 23.1 Å². The summed E-state index contributed by atoms with van der Waals surface area (Å²) in [6.07, 6.45) is 1.62. The molecule has 4 heterocycles. The van der Waals surface area contributed by atoms with Crippen LogP contribution >= 0.6 is 0 Å². The summed E-state index contributed by atoms with van der Waals surface area (Å²) in [4.78, 5) is 4.62. The van der Waals surface area contributed by atoms with E-state index in [-0.39, 0.29) is 0 Å². The van der Waals surface area contributed by atoms with E-state index in [2.05, 4.69) is 35.4 Å². The summed E-state index contributed by atoms with van der Waals surface area (Å²) in [6.45, 7) is 6.44. The predicted octanol–water partition coefficient (Wildman–Crippen LogP) is 0.138. The molecule has 3 aromatic rings. The van der Waals surface area contributed by atoms with Crippen LogP contribution in [0.3, 0.4) is 0 Å². The van der Waals surface area contributed by atoms with Crippen LogP contribution in [0.2, 0.25) is 0 Å². The fraction of sp³-hybridized carbons (Fsp3) is 0.462. The van der Waals surface area contributed by atoms with Gasteiger partial charge in [0.05, 0.1) is 0 Å². The molecule has 0 amide bonds. The fourth-order valence-electron chi connectivity index (χ4n) is 2.63. The molecule has 22 heavy (non-hydrogen) atoms. The summed E-state index contributed by atoms with van der Waals surface area (Å²) in [7, 11) is 0. The lowest BCUT2D eigenvalue weighted by Gasteiger charge is -2.34. The molecule has 9 heteroatoms. The maximum absolute atomic E-state index is 4.75. The van der Waals surface area contributed by atoms with Crippen molar-refractivity contribution < 1.29 is 4.63 Å². The Hall–Kier alpha value is -2.55. The van der Waals surface area contributed by atoms with Crippen LogP contribution in [0.1, 0.15) is 11.4 Å². The summed E-state index contributed by atoms with van der Waals surface area (Å²) < 4.78 is 6.45. The number of rotatable bonds is 3. The van der Waals surface area contributed by atoms with Crippen LogP contribution in [0.25, 0.3) is 5.65 Å². The predicted molar refractivity (Wildman–Crippen MR) is 77.3 cm³/mol. The number of hydrogen-bond donors (Lipinski definition) is 0. The van der Waals surface area contributed by atoms with Gasteiger partial charge in [0.25, 0.3) is 0 Å². The lowest BCUT2D eigenvalue weighted by molar-refractivity contribution is 0.237. The van der Waals surface area contributed by atoms with Crippen molar-refractivity contribution in [2.45, 2.75) is 13.5 Å². The van der Waals surface area contributed by atoms with Crippen molar-refractivity contribution in [3.8, 4) is 0 Å². The highest BCUT2D eigenvalue weighted by Crippen LogP contribution is 2.15. The topological polar surface area (TPSA) is 88.5 Å². The van der Waals surface area contributed by atoms with Gasteiger partial charge in [0, 0.05) is 32.7 Å². The van der Waals surface area contributed by atoms with E-state index in [1.807, 2.05) is 19.1 Å². The molecule has 1 aliphatic heterocycles. The Morgan fingerprint density at radius 2 is 2.00 bits per heavy atom. The lowest BCUT2D eigenvalue weighted by atomic mass is 10.2. The van der Waals surface area contributed by atoms with Crippen molar-refractivity contribution in [3.05, 3.63) is 29.8 Å². The summed E-state index contributed by atoms with van der Waals surface area (Å²) in [5.74, 6) is 0.950. The van der Waals surface area contributed by atoms with Gasteiger partial charge in [-0.25, -0.2) is 4.63 Å². The van der Waals surface area contributed by atoms with E-state index < -0.39 is 0 Å². The quantitative estimate of drug-likeness (QED) is 0.675. The second kappa shape index (κ2) is 5.34. The zero-order chi connectivity index (χ0) is 14.9. The second-order valence-corrected chi connectivity index (χ2v) is 5.38. The Balaban J connectivity index is 1.41. The molecule has 0 unspecified atom stereocenters. The maximum atomic E-state index is 4.75. The number of aromatic nitrogens is 6. The molecule has 3 aromatic heterocycles. The monoisotopic (exact) mass is 300 g/mol. The van der Waals surface area contributed by atoms with Gasteiger partial charge in [-0.05, 0) is 19.1 Å². The second-order valence-electron chi connectivity index (χ2n) is 5.38. The molecule has 114 valence electrons. The van der Waals surface area contributed by atoms with Gasteiger partial charge in [-0.15, -0.1) is 15.3 Å². The van der Waals surface area contributed by atoms with Gasteiger partial charge in [0.15, 0.2) is 5.65 Å². The van der Waals surface area contributed by atoms with Crippen molar-refractivity contribution in [2.24, 2.45) is 0 Å². The third kappa shape index (κ3) is 2.39. The van der Waals surface area contributed by atoms with E-state index in [0.717, 1.165) is 55.6 Å². The molecule has 0 saturated carbocycles. The molecule has 0 spiro atoms. The van der Waals surface area contributed by atoms with Crippen LogP contribution in [0.4, 0.5) is 5.82 Å². The Bertz CT molecular complexity index is 773. The van der Waals surface area contributed by atoms with Gasteiger partial charge in [0.1, 0.15) is 23.5 Å². The van der Waals surface area contributed by atoms with Gasteiger partial charge in [0.2, 0.25) is 0 Å². The molecule has 1 aliphatic rings. The minimum absolute atomic E-state index is 0.761. The van der Waals surface area contributed by atoms with Crippen LogP contribution in [0, 0.1) is 6.92 Å². The molecular weight excluding hydrogens is 284 g/mol. The molecular formula is C13H16N8O. The molecule has 0 bridgehead atoms. The number of piperazine rings is 1. The molecule has 0 radical (unpaired) electrons. The van der Waals surface area contributed by atoms with Crippen molar-refractivity contribution in [1.29, 1.82) is 0 Å². The first kappa shape index (κ1) is 13.1. The van der Waals surface area contributed by atoms with Gasteiger partial charge in [-0.3, -0.25) is 4.90 Å². The molecule has 4 rings (SSSR count). The Morgan fingerprint density at radius 1 is 1.14 bits per heavy atom. The highest BCUT2D eigenvalue weighted by atomic mass is 16.6. The van der Waals surface area contributed by atoms with E-state index in [0.29, 0.717) is 0 Å². The zero-order valence-electron chi connectivity index (χ0n) is 12.3. The van der Waals surface area contributed by atoms with E-state index in [9.17, 15) is 0 Å². The summed E-state index contributed by atoms with van der Waals surface area (Å²) in [6, 6.07) is 3.93. The highest BCUT2D eigenvalue weighted by molar-refractivity contribution is 5.45. The standard InChI is InChI=1S/C13H16N8O/c1-10-11(18-22-17-10)8-19-4-6-20(7-5-19)13-3-2-12-15-14-9-21(12)16-13/h2-3,9H,4-8H2,1H3. The number of hydrogen-bond acceptors (Lipinski definition) is 8. The molecule has 0 N–H and O–H groups in total. The van der Waals surface area contributed by atoms with Crippen LogP contribution in [-0.2, 0) is 6.54 Å².